The lowest BCUT2D eigenvalue weighted by Gasteiger charge is -2.42. The van der Waals surface area contributed by atoms with E-state index in [4.69, 9.17) is 5.73 Å². The minimum absolute atomic E-state index is 0.644. The molecule has 0 aromatic heterocycles. The van der Waals surface area contributed by atoms with E-state index in [0.717, 1.165) is 11.8 Å². The molecule has 1 heterocycles. The molecular weight excluding hydrogens is 220 g/mol. The Morgan fingerprint density at radius 3 is 2.44 bits per heavy atom. The number of hydrogen-bond acceptors (Lipinski definition) is 2. The highest BCUT2D eigenvalue weighted by Gasteiger charge is 2.30. The van der Waals surface area contributed by atoms with Gasteiger partial charge in [-0.3, -0.25) is 0 Å². The average Bonchev–Trinajstić information content (AvgIpc) is 2.47. The molecule has 1 aromatic rings. The smallest absolute Gasteiger partial charge is 0.0366 e. The van der Waals surface area contributed by atoms with Crippen LogP contribution in [0.25, 0.3) is 0 Å². The molecule has 1 aliphatic heterocycles. The Hall–Kier alpha value is -1.02. The number of nitrogens with two attached hydrogens (primary N) is 1. The summed E-state index contributed by atoms with van der Waals surface area (Å²) in [7, 11) is 0. The van der Waals surface area contributed by atoms with E-state index in [1.54, 1.807) is 0 Å². The minimum Gasteiger partial charge on any atom is -0.371 e. The Balaban J connectivity index is 1.69. The third kappa shape index (κ3) is 2.39. The molecule has 2 atom stereocenters. The molecule has 98 valence electrons. The monoisotopic (exact) mass is 244 g/mol. The fourth-order valence-corrected chi connectivity index (χ4v) is 3.68. The van der Waals surface area contributed by atoms with Gasteiger partial charge in [0.2, 0.25) is 0 Å². The first kappa shape index (κ1) is 12.0. The molecule has 1 saturated heterocycles. The molecule has 0 bridgehead atoms. The van der Waals surface area contributed by atoms with Gasteiger partial charge in [0.25, 0.3) is 0 Å². The third-order valence-corrected chi connectivity index (χ3v) is 4.83. The molecule has 0 radical (unpaired) electrons. The van der Waals surface area contributed by atoms with Crippen molar-refractivity contribution in [2.45, 2.75) is 38.6 Å². The first-order valence-electron chi connectivity index (χ1n) is 7.41. The predicted molar refractivity (Wildman–Crippen MR) is 76.6 cm³/mol. The highest BCUT2D eigenvalue weighted by atomic mass is 15.1. The molecule has 0 spiro atoms. The van der Waals surface area contributed by atoms with Gasteiger partial charge in [-0.15, -0.1) is 0 Å². The van der Waals surface area contributed by atoms with E-state index in [1.165, 1.54) is 56.4 Å². The van der Waals surface area contributed by atoms with Gasteiger partial charge >= 0.3 is 0 Å². The minimum atomic E-state index is 0.644. The molecule has 1 aromatic carbocycles. The standard InChI is InChI=1S/C16H24N2/c17-11-13-5-7-16(8-6-13)18-10-9-14-3-1-2-4-15(14)12-18/h5-8,14-15H,1-4,9-12,17H2. The van der Waals surface area contributed by atoms with Gasteiger partial charge in [-0.05, 0) is 42.4 Å². The molecule has 2 nitrogen and oxygen atoms in total. The molecule has 2 N–H and O–H groups in total. The van der Waals surface area contributed by atoms with Crippen molar-refractivity contribution in [2.75, 3.05) is 18.0 Å². The number of nitrogens with zero attached hydrogens (tertiary/aromatic N) is 1. The molecule has 2 fully saturated rings. The van der Waals surface area contributed by atoms with Crippen molar-refractivity contribution in [3.05, 3.63) is 29.8 Å². The van der Waals surface area contributed by atoms with Crippen molar-refractivity contribution in [1.29, 1.82) is 0 Å². The van der Waals surface area contributed by atoms with Crippen molar-refractivity contribution in [2.24, 2.45) is 17.6 Å². The van der Waals surface area contributed by atoms with Crippen LogP contribution < -0.4 is 10.6 Å². The zero-order chi connectivity index (χ0) is 12.4. The summed E-state index contributed by atoms with van der Waals surface area (Å²) in [5.41, 5.74) is 8.27. The molecule has 1 saturated carbocycles. The van der Waals surface area contributed by atoms with E-state index in [0.29, 0.717) is 6.54 Å². The number of anilines is 1. The fraction of sp³-hybridized carbons (Fsp3) is 0.625. The normalized spacial score (nSPS) is 27.9. The van der Waals surface area contributed by atoms with Gasteiger partial charge in [-0.1, -0.05) is 31.4 Å². The number of benzene rings is 1. The summed E-state index contributed by atoms with van der Waals surface area (Å²) < 4.78 is 0. The maximum atomic E-state index is 5.65. The van der Waals surface area contributed by atoms with Crippen molar-refractivity contribution < 1.29 is 0 Å². The van der Waals surface area contributed by atoms with Gasteiger partial charge in [0.15, 0.2) is 0 Å². The van der Waals surface area contributed by atoms with E-state index in [9.17, 15) is 0 Å². The lowest BCUT2D eigenvalue weighted by atomic mass is 9.75. The highest BCUT2D eigenvalue weighted by Crippen LogP contribution is 2.37. The molecule has 2 heteroatoms. The highest BCUT2D eigenvalue weighted by molar-refractivity contribution is 5.48. The maximum Gasteiger partial charge on any atom is 0.0366 e. The Labute approximate surface area is 110 Å². The van der Waals surface area contributed by atoms with Crippen LogP contribution in [-0.2, 0) is 6.54 Å². The van der Waals surface area contributed by atoms with Crippen LogP contribution in [0.1, 0.15) is 37.7 Å². The Morgan fingerprint density at radius 1 is 1.00 bits per heavy atom. The lowest BCUT2D eigenvalue weighted by Crippen LogP contribution is -2.41. The molecule has 1 aliphatic carbocycles. The number of fused-ring (bicyclic) bond motifs is 1. The van der Waals surface area contributed by atoms with Crippen molar-refractivity contribution in [1.82, 2.24) is 0 Å². The zero-order valence-corrected chi connectivity index (χ0v) is 11.1. The van der Waals surface area contributed by atoms with Gasteiger partial charge in [-0.2, -0.15) is 0 Å². The Morgan fingerprint density at radius 2 is 1.72 bits per heavy atom. The third-order valence-electron chi connectivity index (χ3n) is 4.83. The summed E-state index contributed by atoms with van der Waals surface area (Å²) in [6, 6.07) is 8.82. The van der Waals surface area contributed by atoms with E-state index in [2.05, 4.69) is 29.2 Å². The van der Waals surface area contributed by atoms with Crippen LogP contribution in [0, 0.1) is 11.8 Å². The molecule has 2 unspecified atom stereocenters. The summed E-state index contributed by atoms with van der Waals surface area (Å²) in [6.07, 6.45) is 7.23. The molecule has 2 aliphatic rings. The topological polar surface area (TPSA) is 29.3 Å². The summed E-state index contributed by atoms with van der Waals surface area (Å²) >= 11 is 0. The zero-order valence-electron chi connectivity index (χ0n) is 11.1. The van der Waals surface area contributed by atoms with E-state index in [1.807, 2.05) is 0 Å². The Bertz CT molecular complexity index is 385. The van der Waals surface area contributed by atoms with Gasteiger partial charge in [0.1, 0.15) is 0 Å². The van der Waals surface area contributed by atoms with Gasteiger partial charge < -0.3 is 10.6 Å². The van der Waals surface area contributed by atoms with Crippen molar-refractivity contribution in [3.63, 3.8) is 0 Å². The summed E-state index contributed by atoms with van der Waals surface area (Å²) in [5.74, 6) is 1.96. The van der Waals surface area contributed by atoms with Crippen LogP contribution in [0.3, 0.4) is 0 Å². The summed E-state index contributed by atoms with van der Waals surface area (Å²) in [4.78, 5) is 2.58. The van der Waals surface area contributed by atoms with Crippen LogP contribution in [0.2, 0.25) is 0 Å². The van der Waals surface area contributed by atoms with Crippen LogP contribution in [0.4, 0.5) is 5.69 Å². The van der Waals surface area contributed by atoms with Crippen LogP contribution in [-0.4, -0.2) is 13.1 Å². The van der Waals surface area contributed by atoms with E-state index >= 15 is 0 Å². The van der Waals surface area contributed by atoms with Gasteiger partial charge in [0.05, 0.1) is 0 Å². The molecule has 3 rings (SSSR count). The number of piperidine rings is 1. The van der Waals surface area contributed by atoms with E-state index < -0.39 is 0 Å². The summed E-state index contributed by atoms with van der Waals surface area (Å²) in [6.45, 7) is 3.15. The maximum absolute atomic E-state index is 5.65. The number of hydrogen-bond donors (Lipinski definition) is 1. The lowest BCUT2D eigenvalue weighted by molar-refractivity contribution is 0.202. The van der Waals surface area contributed by atoms with Gasteiger partial charge in [-0.25, -0.2) is 0 Å². The van der Waals surface area contributed by atoms with Crippen molar-refractivity contribution in [3.8, 4) is 0 Å². The quantitative estimate of drug-likeness (QED) is 0.866. The van der Waals surface area contributed by atoms with Crippen LogP contribution in [0.15, 0.2) is 24.3 Å². The fourth-order valence-electron chi connectivity index (χ4n) is 3.68. The van der Waals surface area contributed by atoms with Gasteiger partial charge in [0, 0.05) is 25.3 Å². The first-order chi connectivity index (χ1) is 8.86. The second-order valence-corrected chi connectivity index (χ2v) is 5.91. The predicted octanol–water partition coefficient (Wildman–Crippen LogP) is 3.16. The second-order valence-electron chi connectivity index (χ2n) is 5.91. The van der Waals surface area contributed by atoms with E-state index in [-0.39, 0.29) is 0 Å². The molecular formula is C16H24N2. The SMILES string of the molecule is NCc1ccc(N2CCC3CCCCC3C2)cc1. The van der Waals surface area contributed by atoms with Crippen LogP contribution in [0.5, 0.6) is 0 Å². The summed E-state index contributed by atoms with van der Waals surface area (Å²) in [5, 5.41) is 0. The average molecular weight is 244 g/mol. The second kappa shape index (κ2) is 5.31. The molecule has 0 amide bonds. The van der Waals surface area contributed by atoms with Crippen LogP contribution >= 0.6 is 0 Å². The Kier molecular flexibility index (Phi) is 3.55. The first-order valence-corrected chi connectivity index (χ1v) is 7.41. The van der Waals surface area contributed by atoms with Crippen molar-refractivity contribution >= 4 is 5.69 Å². The largest absolute Gasteiger partial charge is 0.371 e. The number of rotatable bonds is 2. The molecule has 18 heavy (non-hydrogen) atoms.